The first kappa shape index (κ1) is 12.1. The summed E-state index contributed by atoms with van der Waals surface area (Å²) in [6, 6.07) is 6.61. The lowest BCUT2D eigenvalue weighted by Gasteiger charge is -2.23. The highest BCUT2D eigenvalue weighted by atomic mass is 15.1. The number of nitrogens with zero attached hydrogens (tertiary/aromatic N) is 1. The van der Waals surface area contributed by atoms with E-state index in [4.69, 9.17) is 5.73 Å². The summed E-state index contributed by atoms with van der Waals surface area (Å²) < 4.78 is 0. The predicted molar refractivity (Wildman–Crippen MR) is 67.6 cm³/mol. The molecule has 0 aliphatic carbocycles. The molecule has 0 fully saturated rings. The van der Waals surface area contributed by atoms with Gasteiger partial charge in [0.25, 0.3) is 0 Å². The normalized spacial score (nSPS) is 12.6. The van der Waals surface area contributed by atoms with Gasteiger partial charge in [0.2, 0.25) is 0 Å². The Balaban J connectivity index is 3.15. The fourth-order valence-electron chi connectivity index (χ4n) is 1.90. The van der Waals surface area contributed by atoms with Crippen LogP contribution in [0.1, 0.15) is 30.4 Å². The maximum absolute atomic E-state index is 5.80. The first-order valence-corrected chi connectivity index (χ1v) is 5.58. The summed E-state index contributed by atoms with van der Waals surface area (Å²) in [4.78, 5) is 2.17. The zero-order valence-corrected chi connectivity index (χ0v) is 10.2. The summed E-state index contributed by atoms with van der Waals surface area (Å²) in [5.74, 6) is 0.475. The molecular weight excluding hydrogens is 184 g/mol. The molecule has 0 aromatic heterocycles. The Hall–Kier alpha value is -1.02. The molecule has 1 aromatic rings. The van der Waals surface area contributed by atoms with Gasteiger partial charge in [0.15, 0.2) is 0 Å². The van der Waals surface area contributed by atoms with Gasteiger partial charge in [-0.15, -0.1) is 0 Å². The van der Waals surface area contributed by atoms with E-state index in [2.05, 4.69) is 51.0 Å². The average molecular weight is 206 g/mol. The molecule has 1 unspecified atom stereocenters. The highest BCUT2D eigenvalue weighted by Gasteiger charge is 2.13. The van der Waals surface area contributed by atoms with Crippen molar-refractivity contribution < 1.29 is 0 Å². The summed E-state index contributed by atoms with van der Waals surface area (Å²) in [7, 11) is 4.17. The zero-order valence-electron chi connectivity index (χ0n) is 10.2. The number of rotatable bonds is 4. The van der Waals surface area contributed by atoms with Crippen molar-refractivity contribution >= 4 is 5.69 Å². The van der Waals surface area contributed by atoms with E-state index in [1.165, 1.54) is 16.8 Å². The van der Waals surface area contributed by atoms with Gasteiger partial charge in [0, 0.05) is 19.8 Å². The summed E-state index contributed by atoms with van der Waals surface area (Å²) in [6.45, 7) is 5.04. The van der Waals surface area contributed by atoms with Crippen LogP contribution >= 0.6 is 0 Å². The lowest BCUT2D eigenvalue weighted by molar-refractivity contribution is 0.673. The topological polar surface area (TPSA) is 29.3 Å². The Morgan fingerprint density at radius 3 is 2.47 bits per heavy atom. The Bertz CT molecular complexity index is 314. The quantitative estimate of drug-likeness (QED) is 0.820. The molecule has 15 heavy (non-hydrogen) atoms. The van der Waals surface area contributed by atoms with Crippen LogP contribution < -0.4 is 10.6 Å². The maximum Gasteiger partial charge on any atom is 0.0399 e. The molecule has 0 amide bonds. The van der Waals surface area contributed by atoms with Crippen molar-refractivity contribution in [3.8, 4) is 0 Å². The lowest BCUT2D eigenvalue weighted by atomic mass is 9.93. The van der Waals surface area contributed by atoms with Crippen LogP contribution in [-0.2, 0) is 0 Å². The summed E-state index contributed by atoms with van der Waals surface area (Å²) >= 11 is 0. The third-order valence-corrected chi connectivity index (χ3v) is 2.88. The predicted octanol–water partition coefficient (Wildman–Crippen LogP) is 2.51. The molecule has 0 heterocycles. The molecule has 0 radical (unpaired) electrons. The van der Waals surface area contributed by atoms with E-state index in [9.17, 15) is 0 Å². The second-order valence-corrected chi connectivity index (χ2v) is 4.30. The first-order valence-electron chi connectivity index (χ1n) is 5.58. The first-order chi connectivity index (χ1) is 7.10. The second kappa shape index (κ2) is 5.17. The molecule has 0 aliphatic rings. The summed E-state index contributed by atoms with van der Waals surface area (Å²) in [5, 5.41) is 0. The number of aryl methyl sites for hydroxylation is 1. The summed E-state index contributed by atoms with van der Waals surface area (Å²) in [6.07, 6.45) is 1.10. The van der Waals surface area contributed by atoms with Crippen LogP contribution in [-0.4, -0.2) is 20.6 Å². The van der Waals surface area contributed by atoms with Crippen LogP contribution in [0.3, 0.4) is 0 Å². The van der Waals surface area contributed by atoms with Crippen LogP contribution in [0.25, 0.3) is 0 Å². The highest BCUT2D eigenvalue weighted by molar-refractivity contribution is 5.56. The molecule has 0 spiro atoms. The van der Waals surface area contributed by atoms with Gasteiger partial charge in [-0.3, -0.25) is 0 Å². The molecular formula is C13H22N2. The number of anilines is 1. The number of hydrogen-bond acceptors (Lipinski definition) is 2. The van der Waals surface area contributed by atoms with Crippen LogP contribution in [0.15, 0.2) is 18.2 Å². The van der Waals surface area contributed by atoms with Crippen molar-refractivity contribution in [2.75, 3.05) is 25.5 Å². The van der Waals surface area contributed by atoms with Gasteiger partial charge in [-0.2, -0.15) is 0 Å². The van der Waals surface area contributed by atoms with Crippen LogP contribution in [0.2, 0.25) is 0 Å². The highest BCUT2D eigenvalue weighted by Crippen LogP contribution is 2.29. The van der Waals surface area contributed by atoms with Gasteiger partial charge in [-0.05, 0) is 43.0 Å². The molecule has 0 saturated carbocycles. The number of benzene rings is 1. The standard InChI is InChI=1S/C13H22N2/c1-5-11(9-14)12-7-6-10(2)8-13(12)15(3)4/h6-8,11H,5,9,14H2,1-4H3. The second-order valence-electron chi connectivity index (χ2n) is 4.30. The molecule has 1 atom stereocenters. The monoisotopic (exact) mass is 206 g/mol. The fourth-order valence-corrected chi connectivity index (χ4v) is 1.90. The average Bonchev–Trinajstić information content (AvgIpc) is 2.21. The maximum atomic E-state index is 5.80. The molecule has 1 rings (SSSR count). The number of hydrogen-bond donors (Lipinski definition) is 1. The van der Waals surface area contributed by atoms with Crippen molar-refractivity contribution in [2.45, 2.75) is 26.2 Å². The van der Waals surface area contributed by atoms with E-state index in [1.54, 1.807) is 0 Å². The van der Waals surface area contributed by atoms with E-state index in [0.29, 0.717) is 5.92 Å². The SMILES string of the molecule is CCC(CN)c1ccc(C)cc1N(C)C. The van der Waals surface area contributed by atoms with Crippen molar-refractivity contribution in [1.29, 1.82) is 0 Å². The minimum Gasteiger partial charge on any atom is -0.377 e. The summed E-state index contributed by atoms with van der Waals surface area (Å²) in [5.41, 5.74) is 9.77. The van der Waals surface area contributed by atoms with Gasteiger partial charge in [0.1, 0.15) is 0 Å². The van der Waals surface area contributed by atoms with E-state index in [-0.39, 0.29) is 0 Å². The van der Waals surface area contributed by atoms with Crippen molar-refractivity contribution in [3.63, 3.8) is 0 Å². The van der Waals surface area contributed by atoms with E-state index < -0.39 is 0 Å². The fraction of sp³-hybridized carbons (Fsp3) is 0.538. The van der Waals surface area contributed by atoms with E-state index in [1.807, 2.05) is 0 Å². The molecule has 2 heteroatoms. The Morgan fingerprint density at radius 1 is 1.33 bits per heavy atom. The van der Waals surface area contributed by atoms with E-state index in [0.717, 1.165) is 13.0 Å². The number of nitrogens with two attached hydrogens (primary N) is 1. The van der Waals surface area contributed by atoms with Gasteiger partial charge < -0.3 is 10.6 Å². The smallest absolute Gasteiger partial charge is 0.0399 e. The Kier molecular flexibility index (Phi) is 4.15. The van der Waals surface area contributed by atoms with Gasteiger partial charge in [-0.1, -0.05) is 19.1 Å². The minimum atomic E-state index is 0.475. The van der Waals surface area contributed by atoms with E-state index >= 15 is 0 Å². The van der Waals surface area contributed by atoms with Gasteiger partial charge in [-0.25, -0.2) is 0 Å². The Labute approximate surface area is 93.1 Å². The lowest BCUT2D eigenvalue weighted by Crippen LogP contribution is -2.17. The molecule has 0 saturated heterocycles. The van der Waals surface area contributed by atoms with Crippen LogP contribution in [0.5, 0.6) is 0 Å². The van der Waals surface area contributed by atoms with Crippen LogP contribution in [0, 0.1) is 6.92 Å². The van der Waals surface area contributed by atoms with Crippen molar-refractivity contribution in [1.82, 2.24) is 0 Å². The largest absolute Gasteiger partial charge is 0.377 e. The third kappa shape index (κ3) is 2.72. The third-order valence-electron chi connectivity index (χ3n) is 2.88. The molecule has 2 nitrogen and oxygen atoms in total. The molecule has 0 aliphatic heterocycles. The van der Waals surface area contributed by atoms with Crippen molar-refractivity contribution in [3.05, 3.63) is 29.3 Å². The van der Waals surface area contributed by atoms with Crippen LogP contribution in [0.4, 0.5) is 5.69 Å². The zero-order chi connectivity index (χ0) is 11.4. The van der Waals surface area contributed by atoms with Gasteiger partial charge >= 0.3 is 0 Å². The minimum absolute atomic E-state index is 0.475. The van der Waals surface area contributed by atoms with Crippen molar-refractivity contribution in [2.24, 2.45) is 5.73 Å². The Morgan fingerprint density at radius 2 is 2.00 bits per heavy atom. The molecule has 2 N–H and O–H groups in total. The molecule has 0 bridgehead atoms. The molecule has 84 valence electrons. The molecule has 1 aromatic carbocycles. The van der Waals surface area contributed by atoms with Gasteiger partial charge in [0.05, 0.1) is 0 Å².